The van der Waals surface area contributed by atoms with Gasteiger partial charge in [-0.25, -0.2) is 0 Å². The monoisotopic (exact) mass is 264 g/mol. The summed E-state index contributed by atoms with van der Waals surface area (Å²) in [7, 11) is 0. The van der Waals surface area contributed by atoms with Gasteiger partial charge in [-0.15, -0.1) is 0 Å². The van der Waals surface area contributed by atoms with Crippen LogP contribution in [-0.4, -0.2) is 17.5 Å². The van der Waals surface area contributed by atoms with Gasteiger partial charge in [0, 0.05) is 30.4 Å². The lowest BCUT2D eigenvalue weighted by molar-refractivity contribution is -0.384. The van der Waals surface area contributed by atoms with Crippen molar-refractivity contribution in [3.63, 3.8) is 0 Å². The van der Waals surface area contributed by atoms with Crippen LogP contribution in [0.25, 0.3) is 0 Å². The number of benzene rings is 1. The predicted molar refractivity (Wildman–Crippen MR) is 76.1 cm³/mol. The molecule has 1 aromatic rings. The number of nitrogens with one attached hydrogen (secondary N) is 1. The summed E-state index contributed by atoms with van der Waals surface area (Å²) in [5.74, 6) is 5.99. The lowest BCUT2D eigenvalue weighted by Crippen LogP contribution is -2.41. The van der Waals surface area contributed by atoms with E-state index in [1.165, 1.54) is 12.5 Å². The predicted octanol–water partition coefficient (Wildman–Crippen LogP) is 2.51. The van der Waals surface area contributed by atoms with Crippen molar-refractivity contribution in [2.75, 3.05) is 16.9 Å². The molecule has 1 heterocycles. The Balaban J connectivity index is 2.37. The number of non-ortho nitro benzene ring substituents is 1. The van der Waals surface area contributed by atoms with E-state index in [2.05, 4.69) is 24.2 Å². The molecule has 0 bridgehead atoms. The fraction of sp³-hybridized carbons (Fsp3) is 0.538. The van der Waals surface area contributed by atoms with Gasteiger partial charge >= 0.3 is 0 Å². The molecule has 2 atom stereocenters. The molecule has 0 amide bonds. The van der Waals surface area contributed by atoms with Gasteiger partial charge in [0.25, 0.3) is 5.69 Å². The number of hydrogen-bond donors (Lipinski definition) is 2. The third-order valence-corrected chi connectivity index (χ3v) is 3.73. The van der Waals surface area contributed by atoms with Crippen LogP contribution >= 0.6 is 0 Å². The van der Waals surface area contributed by atoms with Crippen molar-refractivity contribution in [1.82, 2.24) is 0 Å². The Kier molecular flexibility index (Phi) is 3.90. The summed E-state index contributed by atoms with van der Waals surface area (Å²) in [6.45, 7) is 5.28. The molecule has 0 spiro atoms. The first-order valence-electron chi connectivity index (χ1n) is 6.54. The highest BCUT2D eigenvalue weighted by molar-refractivity contribution is 5.64. The van der Waals surface area contributed by atoms with E-state index in [0.717, 1.165) is 18.7 Å². The second kappa shape index (κ2) is 5.44. The molecule has 19 heavy (non-hydrogen) atoms. The van der Waals surface area contributed by atoms with Crippen LogP contribution in [0.5, 0.6) is 0 Å². The Morgan fingerprint density at radius 3 is 2.74 bits per heavy atom. The van der Waals surface area contributed by atoms with Crippen LogP contribution in [0.3, 0.4) is 0 Å². The van der Waals surface area contributed by atoms with Gasteiger partial charge in [0.1, 0.15) is 0 Å². The van der Waals surface area contributed by atoms with Crippen molar-refractivity contribution in [2.24, 2.45) is 11.8 Å². The normalized spacial score (nSPS) is 23.2. The number of piperidine rings is 1. The van der Waals surface area contributed by atoms with E-state index in [4.69, 9.17) is 5.84 Å². The Labute approximate surface area is 112 Å². The molecule has 0 radical (unpaired) electrons. The smallest absolute Gasteiger partial charge is 0.273 e. The molecule has 0 aliphatic carbocycles. The quantitative estimate of drug-likeness (QED) is 0.498. The number of hydrogen-bond acceptors (Lipinski definition) is 5. The van der Waals surface area contributed by atoms with E-state index in [0.29, 0.717) is 17.6 Å². The summed E-state index contributed by atoms with van der Waals surface area (Å²) in [6, 6.07) is 5.32. The van der Waals surface area contributed by atoms with Gasteiger partial charge in [-0.05, 0) is 31.7 Å². The summed E-state index contributed by atoms with van der Waals surface area (Å²) >= 11 is 0. The van der Waals surface area contributed by atoms with Gasteiger partial charge in [-0.3, -0.25) is 16.0 Å². The van der Waals surface area contributed by atoms with Crippen molar-refractivity contribution >= 4 is 17.1 Å². The molecule has 2 rings (SSSR count). The van der Waals surface area contributed by atoms with E-state index >= 15 is 0 Å². The summed E-state index contributed by atoms with van der Waals surface area (Å²) in [5.41, 5.74) is 3.99. The zero-order valence-electron chi connectivity index (χ0n) is 11.3. The minimum atomic E-state index is -0.387. The number of nitrogens with two attached hydrogens (primary N) is 1. The molecule has 1 aliphatic rings. The van der Waals surface area contributed by atoms with Crippen molar-refractivity contribution in [2.45, 2.75) is 32.7 Å². The van der Waals surface area contributed by atoms with E-state index in [9.17, 15) is 10.1 Å². The van der Waals surface area contributed by atoms with Crippen LogP contribution in [-0.2, 0) is 0 Å². The first kappa shape index (κ1) is 13.6. The van der Waals surface area contributed by atoms with E-state index < -0.39 is 0 Å². The average Bonchev–Trinajstić information content (AvgIpc) is 2.40. The Hall–Kier alpha value is -1.82. The Bertz CT molecular complexity index is 478. The van der Waals surface area contributed by atoms with Crippen molar-refractivity contribution in [1.29, 1.82) is 0 Å². The largest absolute Gasteiger partial charge is 0.368 e. The van der Waals surface area contributed by atoms with Gasteiger partial charge in [-0.1, -0.05) is 6.92 Å². The summed E-state index contributed by atoms with van der Waals surface area (Å²) < 4.78 is 0. The van der Waals surface area contributed by atoms with Crippen molar-refractivity contribution < 1.29 is 4.92 Å². The number of nitro benzene ring substituents is 1. The maximum absolute atomic E-state index is 11.0. The standard InChI is InChI=1S/C13H20N4O2/c1-9-3-4-10(2)16(8-9)12-5-11(15-14)6-13(7-12)17(18)19/h5-7,9-10,15H,3-4,8,14H2,1-2H3. The Morgan fingerprint density at radius 1 is 1.37 bits per heavy atom. The number of rotatable bonds is 3. The molecule has 104 valence electrons. The van der Waals surface area contributed by atoms with Crippen LogP contribution in [0.2, 0.25) is 0 Å². The molecule has 0 aromatic heterocycles. The van der Waals surface area contributed by atoms with Crippen molar-refractivity contribution in [3.8, 4) is 0 Å². The maximum Gasteiger partial charge on any atom is 0.273 e. The highest BCUT2D eigenvalue weighted by Gasteiger charge is 2.24. The molecule has 2 unspecified atom stereocenters. The first-order chi connectivity index (χ1) is 9.01. The second-order valence-corrected chi connectivity index (χ2v) is 5.32. The van der Waals surface area contributed by atoms with Gasteiger partial charge in [0.05, 0.1) is 10.6 Å². The van der Waals surface area contributed by atoms with Gasteiger partial charge in [0.2, 0.25) is 0 Å². The van der Waals surface area contributed by atoms with Crippen molar-refractivity contribution in [3.05, 3.63) is 28.3 Å². The highest BCUT2D eigenvalue weighted by Crippen LogP contribution is 2.32. The molecule has 1 fully saturated rings. The molecule has 1 aromatic carbocycles. The van der Waals surface area contributed by atoms with Gasteiger partial charge in [-0.2, -0.15) is 0 Å². The highest BCUT2D eigenvalue weighted by atomic mass is 16.6. The van der Waals surface area contributed by atoms with Crippen LogP contribution in [0.4, 0.5) is 17.1 Å². The minimum Gasteiger partial charge on any atom is -0.368 e. The van der Waals surface area contributed by atoms with Crippen LogP contribution < -0.4 is 16.2 Å². The number of nitrogen functional groups attached to an aromatic ring is 1. The average molecular weight is 264 g/mol. The molecule has 3 N–H and O–H groups in total. The second-order valence-electron chi connectivity index (χ2n) is 5.32. The first-order valence-corrected chi connectivity index (χ1v) is 6.54. The fourth-order valence-corrected chi connectivity index (χ4v) is 2.60. The molecular formula is C13H20N4O2. The number of hydrazine groups is 1. The van der Waals surface area contributed by atoms with E-state index in [-0.39, 0.29) is 10.6 Å². The third-order valence-electron chi connectivity index (χ3n) is 3.73. The van der Waals surface area contributed by atoms with E-state index in [1.54, 1.807) is 6.07 Å². The van der Waals surface area contributed by atoms with E-state index in [1.807, 2.05) is 6.07 Å². The number of anilines is 2. The summed E-state index contributed by atoms with van der Waals surface area (Å²) in [4.78, 5) is 12.8. The zero-order valence-corrected chi connectivity index (χ0v) is 11.3. The molecule has 1 saturated heterocycles. The Morgan fingerprint density at radius 2 is 2.11 bits per heavy atom. The number of nitro groups is 1. The number of nitrogens with zero attached hydrogens (tertiary/aromatic N) is 2. The van der Waals surface area contributed by atoms with Crippen LogP contribution in [0.15, 0.2) is 18.2 Å². The lowest BCUT2D eigenvalue weighted by Gasteiger charge is -2.38. The molecule has 1 aliphatic heterocycles. The fourth-order valence-electron chi connectivity index (χ4n) is 2.60. The van der Waals surface area contributed by atoms with Crippen LogP contribution in [0, 0.1) is 16.0 Å². The molecular weight excluding hydrogens is 244 g/mol. The zero-order chi connectivity index (χ0) is 14.0. The summed E-state index contributed by atoms with van der Waals surface area (Å²) in [5, 5.41) is 11.0. The molecule has 0 saturated carbocycles. The van der Waals surface area contributed by atoms with Crippen LogP contribution in [0.1, 0.15) is 26.7 Å². The van der Waals surface area contributed by atoms with Gasteiger partial charge < -0.3 is 10.3 Å². The molecule has 6 nitrogen and oxygen atoms in total. The molecule has 6 heteroatoms. The topological polar surface area (TPSA) is 84.4 Å². The lowest BCUT2D eigenvalue weighted by atomic mass is 9.94. The SMILES string of the molecule is CC1CCC(C)N(c2cc(NN)cc([N+](=O)[O-])c2)C1. The summed E-state index contributed by atoms with van der Waals surface area (Å²) in [6.07, 6.45) is 2.31. The van der Waals surface area contributed by atoms with Gasteiger partial charge in [0.15, 0.2) is 0 Å². The third kappa shape index (κ3) is 2.96. The maximum atomic E-state index is 11.0. The minimum absolute atomic E-state index is 0.0656.